The van der Waals surface area contributed by atoms with Gasteiger partial charge >= 0.3 is 0 Å². The predicted octanol–water partition coefficient (Wildman–Crippen LogP) is 4.11. The number of nitrogens with two attached hydrogens (primary N) is 1. The Bertz CT molecular complexity index is 669. The van der Waals surface area contributed by atoms with Gasteiger partial charge in [-0.05, 0) is 24.3 Å². The van der Waals surface area contributed by atoms with Crippen molar-refractivity contribution in [3.05, 3.63) is 57.6 Å². The van der Waals surface area contributed by atoms with Crippen LogP contribution in [0.5, 0.6) is 0 Å². The minimum atomic E-state index is -0.714. The minimum absolute atomic E-state index is 0.0309. The van der Waals surface area contributed by atoms with Gasteiger partial charge in [0.1, 0.15) is 11.6 Å². The molecule has 3 nitrogen and oxygen atoms in total. The number of nitrogen functional groups attached to an aromatic ring is 1. The van der Waals surface area contributed by atoms with Gasteiger partial charge in [0.2, 0.25) is 0 Å². The van der Waals surface area contributed by atoms with Crippen LogP contribution in [0.15, 0.2) is 30.3 Å². The van der Waals surface area contributed by atoms with E-state index in [2.05, 4.69) is 5.32 Å². The van der Waals surface area contributed by atoms with E-state index in [-0.39, 0.29) is 27.0 Å². The van der Waals surface area contributed by atoms with E-state index in [0.717, 1.165) is 18.2 Å². The lowest BCUT2D eigenvalue weighted by Crippen LogP contribution is -2.15. The summed E-state index contributed by atoms with van der Waals surface area (Å²) in [4.78, 5) is 12.0. The maximum Gasteiger partial charge on any atom is 0.257 e. The fourth-order valence-corrected chi connectivity index (χ4v) is 2.13. The average molecular weight is 317 g/mol. The first kappa shape index (κ1) is 14.6. The van der Waals surface area contributed by atoms with Gasteiger partial charge in [-0.25, -0.2) is 8.78 Å². The molecule has 104 valence electrons. The highest BCUT2D eigenvalue weighted by Crippen LogP contribution is 2.32. The highest BCUT2D eigenvalue weighted by atomic mass is 35.5. The molecule has 0 unspecified atom stereocenters. The topological polar surface area (TPSA) is 55.1 Å². The number of carbonyl (C=O) groups is 1. The van der Waals surface area contributed by atoms with E-state index in [1.165, 1.54) is 12.1 Å². The summed E-state index contributed by atoms with van der Waals surface area (Å²) in [7, 11) is 0. The van der Waals surface area contributed by atoms with Crippen molar-refractivity contribution < 1.29 is 13.6 Å². The van der Waals surface area contributed by atoms with Crippen LogP contribution in [0, 0.1) is 11.6 Å². The Labute approximate surface area is 123 Å². The summed E-state index contributed by atoms with van der Waals surface area (Å²) in [6.45, 7) is 0. The fraction of sp³-hybridized carbons (Fsp3) is 0. The molecule has 0 fully saturated rings. The number of nitrogens with one attached hydrogen (secondary N) is 1. The van der Waals surface area contributed by atoms with Crippen molar-refractivity contribution in [3.63, 3.8) is 0 Å². The molecule has 7 heteroatoms. The lowest BCUT2D eigenvalue weighted by Gasteiger charge is -2.11. The van der Waals surface area contributed by atoms with Crippen LogP contribution < -0.4 is 11.1 Å². The maximum absolute atomic E-state index is 13.3. The Hall–Kier alpha value is -1.85. The summed E-state index contributed by atoms with van der Waals surface area (Å²) >= 11 is 11.6. The number of para-hydroxylation sites is 1. The van der Waals surface area contributed by atoms with Crippen molar-refractivity contribution in [2.75, 3.05) is 11.1 Å². The molecular weight excluding hydrogens is 309 g/mol. The van der Waals surface area contributed by atoms with Gasteiger partial charge in [-0.1, -0.05) is 29.3 Å². The number of benzene rings is 2. The number of halogens is 4. The molecule has 0 radical (unpaired) electrons. The zero-order valence-electron chi connectivity index (χ0n) is 9.88. The summed E-state index contributed by atoms with van der Waals surface area (Å²) in [6, 6.07) is 5.81. The fourth-order valence-electron chi connectivity index (χ4n) is 1.58. The summed E-state index contributed by atoms with van der Waals surface area (Å²) in [5.74, 6) is -2.05. The van der Waals surface area contributed by atoms with Crippen molar-refractivity contribution in [2.45, 2.75) is 0 Å². The van der Waals surface area contributed by atoms with E-state index in [1.54, 1.807) is 0 Å². The van der Waals surface area contributed by atoms with Crippen LogP contribution in [0.4, 0.5) is 20.2 Å². The molecule has 0 saturated heterocycles. The third kappa shape index (κ3) is 2.84. The first-order chi connectivity index (χ1) is 9.40. The van der Waals surface area contributed by atoms with Crippen molar-refractivity contribution in [1.82, 2.24) is 0 Å². The van der Waals surface area contributed by atoms with Gasteiger partial charge in [-0.2, -0.15) is 0 Å². The zero-order chi connectivity index (χ0) is 14.9. The van der Waals surface area contributed by atoms with Gasteiger partial charge in [0.15, 0.2) is 0 Å². The highest BCUT2D eigenvalue weighted by Gasteiger charge is 2.16. The molecule has 0 atom stereocenters. The van der Waals surface area contributed by atoms with Crippen molar-refractivity contribution in [1.29, 1.82) is 0 Å². The Morgan fingerprint density at radius 1 is 1.15 bits per heavy atom. The quantitative estimate of drug-likeness (QED) is 0.819. The van der Waals surface area contributed by atoms with Gasteiger partial charge in [-0.15, -0.1) is 0 Å². The van der Waals surface area contributed by atoms with E-state index in [1.807, 2.05) is 0 Å². The highest BCUT2D eigenvalue weighted by molar-refractivity contribution is 6.40. The lowest BCUT2D eigenvalue weighted by atomic mass is 10.1. The van der Waals surface area contributed by atoms with E-state index < -0.39 is 17.5 Å². The molecule has 0 aliphatic heterocycles. The first-order valence-corrected chi connectivity index (χ1v) is 6.15. The number of rotatable bonds is 2. The van der Waals surface area contributed by atoms with Gasteiger partial charge in [0.25, 0.3) is 5.91 Å². The van der Waals surface area contributed by atoms with Gasteiger partial charge in [0.05, 0.1) is 27.0 Å². The smallest absolute Gasteiger partial charge is 0.257 e. The molecular formula is C13H8Cl2F2N2O. The van der Waals surface area contributed by atoms with Crippen LogP contribution in [0.2, 0.25) is 10.0 Å². The van der Waals surface area contributed by atoms with Gasteiger partial charge < -0.3 is 11.1 Å². The third-order valence-electron chi connectivity index (χ3n) is 2.54. The van der Waals surface area contributed by atoms with Crippen LogP contribution in [0.3, 0.4) is 0 Å². The van der Waals surface area contributed by atoms with Crippen LogP contribution in [0.1, 0.15) is 10.4 Å². The largest absolute Gasteiger partial charge is 0.396 e. The minimum Gasteiger partial charge on any atom is -0.396 e. The summed E-state index contributed by atoms with van der Waals surface area (Å²) in [5.41, 5.74) is 5.15. The molecule has 0 bridgehead atoms. The molecule has 0 aliphatic carbocycles. The van der Waals surface area contributed by atoms with Gasteiger partial charge in [-0.3, -0.25) is 4.79 Å². The molecule has 20 heavy (non-hydrogen) atoms. The molecule has 1 amide bonds. The van der Waals surface area contributed by atoms with Crippen LogP contribution >= 0.6 is 23.2 Å². The Kier molecular flexibility index (Phi) is 4.11. The molecule has 0 spiro atoms. The van der Waals surface area contributed by atoms with Crippen molar-refractivity contribution in [3.8, 4) is 0 Å². The normalized spacial score (nSPS) is 10.4. The second kappa shape index (κ2) is 5.64. The molecule has 0 heterocycles. The zero-order valence-corrected chi connectivity index (χ0v) is 11.4. The first-order valence-electron chi connectivity index (χ1n) is 5.40. The monoisotopic (exact) mass is 316 g/mol. The molecule has 3 N–H and O–H groups in total. The standard InChI is InChI=1S/C13H8Cl2F2N2O/c14-8-4-6(16)5-9(15)12(8)19-13(20)7-2-1-3-10(17)11(7)18/h1-5H,18H2,(H,19,20). The predicted molar refractivity (Wildman–Crippen MR) is 75.2 cm³/mol. The molecule has 2 aromatic rings. The van der Waals surface area contributed by atoms with E-state index in [9.17, 15) is 13.6 Å². The van der Waals surface area contributed by atoms with E-state index >= 15 is 0 Å². The summed E-state index contributed by atoms with van der Waals surface area (Å²) in [6.07, 6.45) is 0. The van der Waals surface area contributed by atoms with E-state index in [0.29, 0.717) is 0 Å². The Balaban J connectivity index is 2.36. The summed E-state index contributed by atoms with van der Waals surface area (Å²) < 4.78 is 26.3. The van der Waals surface area contributed by atoms with E-state index in [4.69, 9.17) is 28.9 Å². The molecule has 0 saturated carbocycles. The molecule has 2 rings (SSSR count). The third-order valence-corrected chi connectivity index (χ3v) is 3.14. The van der Waals surface area contributed by atoms with Crippen molar-refractivity contribution >= 4 is 40.5 Å². The van der Waals surface area contributed by atoms with Gasteiger partial charge in [0, 0.05) is 0 Å². The van der Waals surface area contributed by atoms with Crippen LogP contribution in [0.25, 0.3) is 0 Å². The number of anilines is 2. The Morgan fingerprint density at radius 3 is 2.35 bits per heavy atom. The molecule has 0 aromatic heterocycles. The van der Waals surface area contributed by atoms with Crippen molar-refractivity contribution in [2.24, 2.45) is 0 Å². The molecule has 2 aromatic carbocycles. The number of amides is 1. The number of carbonyl (C=O) groups excluding carboxylic acids is 1. The molecule has 0 aliphatic rings. The second-order valence-corrected chi connectivity index (χ2v) is 4.71. The SMILES string of the molecule is Nc1c(F)cccc1C(=O)Nc1c(Cl)cc(F)cc1Cl. The maximum atomic E-state index is 13.3. The lowest BCUT2D eigenvalue weighted by molar-refractivity contribution is 0.102. The Morgan fingerprint density at radius 2 is 1.75 bits per heavy atom. The summed E-state index contributed by atoms with van der Waals surface area (Å²) in [5, 5.41) is 2.23. The second-order valence-electron chi connectivity index (χ2n) is 3.90. The average Bonchev–Trinajstić information content (AvgIpc) is 2.36. The number of hydrogen-bond acceptors (Lipinski definition) is 2. The van der Waals surface area contributed by atoms with Crippen LogP contribution in [-0.2, 0) is 0 Å². The number of hydrogen-bond donors (Lipinski definition) is 2. The van der Waals surface area contributed by atoms with Crippen LogP contribution in [-0.4, -0.2) is 5.91 Å².